The fourth-order valence-corrected chi connectivity index (χ4v) is 4.28. The fraction of sp³-hybridized carbons (Fsp3) is 0.393. The van der Waals surface area contributed by atoms with Crippen LogP contribution in [0, 0.1) is 5.92 Å². The topological polar surface area (TPSA) is 17.1 Å². The molecular formula is C28H34O. The molecule has 1 atom stereocenters. The molecule has 1 nitrogen and oxygen atoms in total. The van der Waals surface area contributed by atoms with Crippen molar-refractivity contribution in [2.75, 3.05) is 0 Å². The lowest BCUT2D eigenvalue weighted by molar-refractivity contribution is -0.108. The van der Waals surface area contributed by atoms with Crippen LogP contribution in [0.1, 0.15) is 64.0 Å². The summed E-state index contributed by atoms with van der Waals surface area (Å²) < 4.78 is 0. The highest BCUT2D eigenvalue weighted by molar-refractivity contribution is 6.08. The van der Waals surface area contributed by atoms with Crippen LogP contribution in [0.25, 0.3) is 21.5 Å². The lowest BCUT2D eigenvalue weighted by Gasteiger charge is -2.18. The second-order valence-electron chi connectivity index (χ2n) is 8.66. The van der Waals surface area contributed by atoms with Crippen molar-refractivity contribution in [3.8, 4) is 0 Å². The van der Waals surface area contributed by atoms with Gasteiger partial charge in [-0.25, -0.2) is 0 Å². The molecule has 0 saturated carbocycles. The summed E-state index contributed by atoms with van der Waals surface area (Å²) in [5, 5.41) is 5.64. The highest BCUT2D eigenvalue weighted by Crippen LogP contribution is 2.33. The van der Waals surface area contributed by atoms with E-state index in [1.165, 1.54) is 52.8 Å². The summed E-state index contributed by atoms with van der Waals surface area (Å²) in [4.78, 5) is 10.1. The SMILES string of the molecule is CC(C)=CCCC(C)CC=O.c1ccc2c(c1)ccc1c3c(ccc12)CCCC3. The second kappa shape index (κ2) is 10.4. The van der Waals surface area contributed by atoms with Gasteiger partial charge in [0.15, 0.2) is 0 Å². The molecule has 0 spiro atoms. The summed E-state index contributed by atoms with van der Waals surface area (Å²) in [6.07, 6.45) is 11.4. The van der Waals surface area contributed by atoms with Crippen molar-refractivity contribution in [3.63, 3.8) is 0 Å². The predicted octanol–water partition coefficient (Wildman–Crippen LogP) is 7.83. The van der Waals surface area contributed by atoms with Gasteiger partial charge in [-0.3, -0.25) is 0 Å². The van der Waals surface area contributed by atoms with Gasteiger partial charge in [0.1, 0.15) is 6.29 Å². The molecular weight excluding hydrogens is 352 g/mol. The van der Waals surface area contributed by atoms with Crippen LogP contribution in [0.15, 0.2) is 60.2 Å². The molecule has 0 N–H and O–H groups in total. The molecule has 0 aliphatic heterocycles. The lowest BCUT2D eigenvalue weighted by atomic mass is 9.86. The van der Waals surface area contributed by atoms with E-state index in [1.54, 1.807) is 11.1 Å². The Hall–Kier alpha value is -2.41. The monoisotopic (exact) mass is 386 g/mol. The maximum atomic E-state index is 10.1. The van der Waals surface area contributed by atoms with Crippen LogP contribution < -0.4 is 0 Å². The van der Waals surface area contributed by atoms with E-state index in [-0.39, 0.29) is 0 Å². The third-order valence-corrected chi connectivity index (χ3v) is 5.97. The first-order valence-electron chi connectivity index (χ1n) is 11.1. The molecule has 3 aromatic rings. The van der Waals surface area contributed by atoms with Gasteiger partial charge in [0.25, 0.3) is 0 Å². The maximum Gasteiger partial charge on any atom is 0.120 e. The molecule has 3 aromatic carbocycles. The zero-order chi connectivity index (χ0) is 20.6. The van der Waals surface area contributed by atoms with Crippen LogP contribution in [0.5, 0.6) is 0 Å². The maximum absolute atomic E-state index is 10.1. The molecule has 0 heterocycles. The number of hydrogen-bond donors (Lipinski definition) is 0. The Morgan fingerprint density at radius 2 is 1.69 bits per heavy atom. The highest BCUT2D eigenvalue weighted by atomic mass is 16.1. The second-order valence-corrected chi connectivity index (χ2v) is 8.66. The molecule has 0 radical (unpaired) electrons. The third-order valence-electron chi connectivity index (χ3n) is 5.97. The molecule has 0 fully saturated rings. The van der Waals surface area contributed by atoms with Crippen LogP contribution in [0.3, 0.4) is 0 Å². The number of fused-ring (bicyclic) bond motifs is 5. The first-order valence-corrected chi connectivity index (χ1v) is 11.1. The van der Waals surface area contributed by atoms with Gasteiger partial charge in [0.2, 0.25) is 0 Å². The Morgan fingerprint density at radius 1 is 0.931 bits per heavy atom. The third kappa shape index (κ3) is 5.56. The first-order chi connectivity index (χ1) is 14.1. The smallest absolute Gasteiger partial charge is 0.120 e. The number of carbonyl (C=O) groups excluding carboxylic acids is 1. The van der Waals surface area contributed by atoms with Gasteiger partial charge in [0, 0.05) is 6.42 Å². The minimum absolute atomic E-state index is 0.545. The van der Waals surface area contributed by atoms with Crippen LogP contribution in [0.4, 0.5) is 0 Å². The van der Waals surface area contributed by atoms with Crippen molar-refractivity contribution < 1.29 is 4.79 Å². The van der Waals surface area contributed by atoms with E-state index in [9.17, 15) is 4.79 Å². The van der Waals surface area contributed by atoms with Gasteiger partial charge in [-0.15, -0.1) is 0 Å². The van der Waals surface area contributed by atoms with E-state index in [4.69, 9.17) is 0 Å². The van der Waals surface area contributed by atoms with Crippen molar-refractivity contribution >= 4 is 27.8 Å². The summed E-state index contributed by atoms with van der Waals surface area (Å²) in [6, 6.07) is 18.0. The lowest BCUT2D eigenvalue weighted by Crippen LogP contribution is -2.02. The van der Waals surface area contributed by atoms with Gasteiger partial charge >= 0.3 is 0 Å². The summed E-state index contributed by atoms with van der Waals surface area (Å²) in [6.45, 7) is 6.32. The Kier molecular flexibility index (Phi) is 7.63. The number of carbonyl (C=O) groups is 1. The number of aryl methyl sites for hydroxylation is 2. The average Bonchev–Trinajstić information content (AvgIpc) is 2.73. The van der Waals surface area contributed by atoms with E-state index in [1.807, 2.05) is 0 Å². The molecule has 152 valence electrons. The largest absolute Gasteiger partial charge is 0.303 e. The van der Waals surface area contributed by atoms with Crippen molar-refractivity contribution in [2.45, 2.75) is 65.7 Å². The van der Waals surface area contributed by atoms with E-state index in [0.717, 1.165) is 19.1 Å². The van der Waals surface area contributed by atoms with Crippen molar-refractivity contribution in [2.24, 2.45) is 5.92 Å². The molecule has 1 heteroatoms. The molecule has 4 rings (SSSR count). The van der Waals surface area contributed by atoms with E-state index in [2.05, 4.69) is 75.4 Å². The number of hydrogen-bond acceptors (Lipinski definition) is 1. The van der Waals surface area contributed by atoms with Crippen LogP contribution >= 0.6 is 0 Å². The predicted molar refractivity (Wildman–Crippen MR) is 127 cm³/mol. The summed E-state index contributed by atoms with van der Waals surface area (Å²) >= 11 is 0. The Bertz CT molecular complexity index is 992. The van der Waals surface area contributed by atoms with E-state index < -0.39 is 0 Å². The molecule has 0 amide bonds. The highest BCUT2D eigenvalue weighted by Gasteiger charge is 2.13. The Morgan fingerprint density at radius 3 is 2.48 bits per heavy atom. The van der Waals surface area contributed by atoms with Crippen LogP contribution in [0.2, 0.25) is 0 Å². The molecule has 29 heavy (non-hydrogen) atoms. The van der Waals surface area contributed by atoms with Gasteiger partial charge in [-0.2, -0.15) is 0 Å². The average molecular weight is 387 g/mol. The standard InChI is InChI=1S/C18H16.C10H18O/c1-3-7-15-13(5-1)9-11-18-16-8-4-2-6-14(16)10-12-17(15)18;1-9(2)5-4-6-10(3)7-8-11/h1,3,5,7,9-12H,2,4,6,8H2;5,8,10H,4,6-7H2,1-3H3. The number of benzene rings is 3. The van der Waals surface area contributed by atoms with Gasteiger partial charge < -0.3 is 4.79 Å². The molecule has 0 saturated heterocycles. The minimum atomic E-state index is 0.545. The molecule has 1 aliphatic rings. The van der Waals surface area contributed by atoms with Crippen molar-refractivity contribution in [1.29, 1.82) is 0 Å². The fourth-order valence-electron chi connectivity index (χ4n) is 4.28. The number of aldehydes is 1. The van der Waals surface area contributed by atoms with Crippen molar-refractivity contribution in [1.82, 2.24) is 0 Å². The first kappa shape index (κ1) is 21.3. The van der Waals surface area contributed by atoms with Crippen LogP contribution in [-0.4, -0.2) is 6.29 Å². The van der Waals surface area contributed by atoms with Gasteiger partial charge in [-0.1, -0.05) is 67.1 Å². The minimum Gasteiger partial charge on any atom is -0.303 e. The molecule has 1 aliphatic carbocycles. The summed E-state index contributed by atoms with van der Waals surface area (Å²) in [5.74, 6) is 0.545. The number of rotatable bonds is 5. The Balaban J connectivity index is 0.000000191. The molecule has 0 bridgehead atoms. The Labute approximate surface area is 175 Å². The van der Waals surface area contributed by atoms with E-state index >= 15 is 0 Å². The number of allylic oxidation sites excluding steroid dienone is 2. The van der Waals surface area contributed by atoms with Gasteiger partial charge in [-0.05, 0) is 91.0 Å². The normalized spacial score (nSPS) is 13.9. The zero-order valence-electron chi connectivity index (χ0n) is 18.2. The summed E-state index contributed by atoms with van der Waals surface area (Å²) in [5.41, 5.74) is 4.54. The molecule has 0 aromatic heterocycles. The van der Waals surface area contributed by atoms with Crippen LogP contribution in [-0.2, 0) is 17.6 Å². The van der Waals surface area contributed by atoms with Gasteiger partial charge in [0.05, 0.1) is 0 Å². The molecule has 1 unspecified atom stereocenters. The quantitative estimate of drug-likeness (QED) is 0.248. The van der Waals surface area contributed by atoms with Crippen molar-refractivity contribution in [3.05, 3.63) is 71.3 Å². The zero-order valence-corrected chi connectivity index (χ0v) is 18.2. The van der Waals surface area contributed by atoms with E-state index in [0.29, 0.717) is 12.3 Å². The summed E-state index contributed by atoms with van der Waals surface area (Å²) in [7, 11) is 0.